The van der Waals surface area contributed by atoms with Gasteiger partial charge in [-0.05, 0) is 68.7 Å². The van der Waals surface area contributed by atoms with Gasteiger partial charge in [0.1, 0.15) is 17.3 Å². The average Bonchev–Trinajstić information content (AvgIpc) is 3.17. The Morgan fingerprint density at radius 3 is 2.29 bits per heavy atom. The third-order valence-electron chi connectivity index (χ3n) is 6.69. The quantitative estimate of drug-likeness (QED) is 0.266. The van der Waals surface area contributed by atoms with Crippen molar-refractivity contribution in [1.82, 2.24) is 9.80 Å². The molecule has 2 saturated heterocycles. The van der Waals surface area contributed by atoms with E-state index in [9.17, 15) is 14.7 Å². The molecule has 2 aliphatic rings. The molecule has 2 heterocycles. The second kappa shape index (κ2) is 12.9. The van der Waals surface area contributed by atoms with Crippen molar-refractivity contribution in [3.05, 3.63) is 65.2 Å². The number of morpholine rings is 1. The second-order valence-corrected chi connectivity index (χ2v) is 9.91. The minimum Gasteiger partial charge on any atom is -0.507 e. The molecule has 0 radical (unpaired) electrons. The normalized spacial score (nSPS) is 19.8. The SMILES string of the molecule is CCCOc1ccc(C(O)=C2C(=O)C(=O)N(CCCN3CCOCC3)[C@@H]2c2ccc(OC(C)C)cc2)cc1. The number of aliphatic hydroxyl groups is 1. The maximum atomic E-state index is 13.3. The molecule has 4 rings (SSSR count). The fourth-order valence-corrected chi connectivity index (χ4v) is 4.83. The molecule has 1 N–H and O–H groups in total. The zero-order chi connectivity index (χ0) is 27.1. The van der Waals surface area contributed by atoms with Crippen molar-refractivity contribution in [3.63, 3.8) is 0 Å². The van der Waals surface area contributed by atoms with Crippen molar-refractivity contribution in [2.75, 3.05) is 46.0 Å². The fraction of sp³-hybridized carbons (Fsp3) is 0.467. The number of aliphatic hydroxyl groups excluding tert-OH is 1. The highest BCUT2D eigenvalue weighted by molar-refractivity contribution is 6.46. The van der Waals surface area contributed by atoms with Gasteiger partial charge in [0.25, 0.3) is 11.7 Å². The number of ketones is 1. The molecule has 0 unspecified atom stereocenters. The molecule has 2 fully saturated rings. The first kappa shape index (κ1) is 27.7. The van der Waals surface area contributed by atoms with Crippen LogP contribution in [0.1, 0.15) is 50.8 Å². The summed E-state index contributed by atoms with van der Waals surface area (Å²) >= 11 is 0. The number of carbonyl (C=O) groups excluding carboxylic acids is 2. The number of hydrogen-bond donors (Lipinski definition) is 1. The third-order valence-corrected chi connectivity index (χ3v) is 6.69. The molecule has 204 valence electrons. The molecule has 1 atom stereocenters. The van der Waals surface area contributed by atoms with Gasteiger partial charge >= 0.3 is 0 Å². The maximum Gasteiger partial charge on any atom is 0.295 e. The van der Waals surface area contributed by atoms with Crippen molar-refractivity contribution in [3.8, 4) is 11.5 Å². The maximum absolute atomic E-state index is 13.3. The summed E-state index contributed by atoms with van der Waals surface area (Å²) in [6.45, 7) is 10.9. The van der Waals surface area contributed by atoms with Gasteiger partial charge in [-0.1, -0.05) is 19.1 Å². The predicted molar refractivity (Wildman–Crippen MR) is 145 cm³/mol. The number of carbonyl (C=O) groups is 2. The van der Waals surface area contributed by atoms with Gasteiger partial charge in [0.2, 0.25) is 0 Å². The van der Waals surface area contributed by atoms with E-state index >= 15 is 0 Å². The molecular formula is C30H38N2O6. The Morgan fingerprint density at radius 1 is 1.00 bits per heavy atom. The van der Waals surface area contributed by atoms with E-state index in [1.54, 1.807) is 29.2 Å². The van der Waals surface area contributed by atoms with Crippen LogP contribution in [0.15, 0.2) is 54.1 Å². The first-order valence-electron chi connectivity index (χ1n) is 13.5. The summed E-state index contributed by atoms with van der Waals surface area (Å²) in [4.78, 5) is 30.5. The van der Waals surface area contributed by atoms with Gasteiger partial charge in [0.05, 0.1) is 37.5 Å². The van der Waals surface area contributed by atoms with Crippen LogP contribution in [0.4, 0.5) is 0 Å². The van der Waals surface area contributed by atoms with Crippen molar-refractivity contribution < 1.29 is 28.9 Å². The smallest absolute Gasteiger partial charge is 0.295 e. The summed E-state index contributed by atoms with van der Waals surface area (Å²) in [5, 5.41) is 11.3. The highest BCUT2D eigenvalue weighted by Gasteiger charge is 2.45. The van der Waals surface area contributed by atoms with Gasteiger partial charge in [-0.25, -0.2) is 0 Å². The zero-order valence-electron chi connectivity index (χ0n) is 22.5. The van der Waals surface area contributed by atoms with Crippen LogP contribution in [0, 0.1) is 0 Å². The Morgan fingerprint density at radius 2 is 1.66 bits per heavy atom. The number of nitrogens with zero attached hydrogens (tertiary/aromatic N) is 2. The van der Waals surface area contributed by atoms with Crippen LogP contribution in [-0.4, -0.2) is 78.7 Å². The molecule has 2 aliphatic heterocycles. The van der Waals surface area contributed by atoms with Crippen LogP contribution < -0.4 is 9.47 Å². The molecule has 0 saturated carbocycles. The van der Waals surface area contributed by atoms with Crippen molar-refractivity contribution in [1.29, 1.82) is 0 Å². The summed E-state index contributed by atoms with van der Waals surface area (Å²) in [6.07, 6.45) is 1.62. The van der Waals surface area contributed by atoms with E-state index < -0.39 is 17.7 Å². The minimum atomic E-state index is -0.691. The van der Waals surface area contributed by atoms with Crippen molar-refractivity contribution >= 4 is 17.4 Å². The molecular weight excluding hydrogens is 484 g/mol. The average molecular weight is 523 g/mol. The molecule has 38 heavy (non-hydrogen) atoms. The summed E-state index contributed by atoms with van der Waals surface area (Å²) in [5.41, 5.74) is 1.31. The number of benzene rings is 2. The van der Waals surface area contributed by atoms with E-state index in [0.717, 1.165) is 31.6 Å². The molecule has 8 nitrogen and oxygen atoms in total. The fourth-order valence-electron chi connectivity index (χ4n) is 4.83. The third kappa shape index (κ3) is 6.55. The standard InChI is InChI=1S/C30H38N2O6/c1-4-18-37-24-10-8-23(9-11-24)28(33)26-27(22-6-12-25(13-7-22)38-21(2)3)32(30(35)29(26)34)15-5-14-31-16-19-36-20-17-31/h6-13,21,27,33H,4-5,14-20H2,1-3H3/t27-/m1/s1. The highest BCUT2D eigenvalue weighted by atomic mass is 16.5. The number of ether oxygens (including phenoxy) is 3. The highest BCUT2D eigenvalue weighted by Crippen LogP contribution is 2.40. The van der Waals surface area contributed by atoms with Crippen LogP contribution in [0.3, 0.4) is 0 Å². The lowest BCUT2D eigenvalue weighted by Crippen LogP contribution is -2.38. The van der Waals surface area contributed by atoms with Crippen molar-refractivity contribution in [2.24, 2.45) is 0 Å². The van der Waals surface area contributed by atoms with Crippen LogP contribution in [0.2, 0.25) is 0 Å². The molecule has 0 aromatic heterocycles. The Hall–Kier alpha value is -3.36. The molecule has 0 bridgehead atoms. The Kier molecular flexibility index (Phi) is 9.42. The summed E-state index contributed by atoms with van der Waals surface area (Å²) < 4.78 is 16.8. The lowest BCUT2D eigenvalue weighted by molar-refractivity contribution is -0.140. The molecule has 2 aromatic carbocycles. The summed E-state index contributed by atoms with van der Waals surface area (Å²) in [5.74, 6) is -0.0647. The van der Waals surface area contributed by atoms with Crippen LogP contribution in [0.25, 0.3) is 5.76 Å². The lowest BCUT2D eigenvalue weighted by Gasteiger charge is -2.29. The summed E-state index contributed by atoms with van der Waals surface area (Å²) in [6, 6.07) is 13.6. The van der Waals surface area contributed by atoms with Gasteiger partial charge in [0.15, 0.2) is 0 Å². The number of rotatable bonds is 11. The van der Waals surface area contributed by atoms with E-state index in [-0.39, 0.29) is 17.4 Å². The van der Waals surface area contributed by atoms with E-state index in [1.807, 2.05) is 45.0 Å². The largest absolute Gasteiger partial charge is 0.507 e. The summed E-state index contributed by atoms with van der Waals surface area (Å²) in [7, 11) is 0. The molecule has 1 amide bonds. The van der Waals surface area contributed by atoms with Crippen LogP contribution in [-0.2, 0) is 14.3 Å². The monoisotopic (exact) mass is 522 g/mol. The number of Topliss-reactive ketones (excluding diaryl/α,β-unsaturated/α-hetero) is 1. The molecule has 2 aromatic rings. The lowest BCUT2D eigenvalue weighted by atomic mass is 9.95. The van der Waals surface area contributed by atoms with Crippen LogP contribution >= 0.6 is 0 Å². The number of likely N-dealkylation sites (tertiary alicyclic amines) is 1. The Balaban J connectivity index is 1.64. The van der Waals surface area contributed by atoms with Gasteiger partial charge in [-0.3, -0.25) is 14.5 Å². The number of hydrogen-bond acceptors (Lipinski definition) is 7. The minimum absolute atomic E-state index is 0.0240. The molecule has 0 aliphatic carbocycles. The van der Waals surface area contributed by atoms with E-state index in [0.29, 0.717) is 49.8 Å². The number of amides is 1. The van der Waals surface area contributed by atoms with Gasteiger partial charge < -0.3 is 24.2 Å². The Bertz CT molecular complexity index is 1120. The zero-order valence-corrected chi connectivity index (χ0v) is 22.5. The van der Waals surface area contributed by atoms with E-state index in [1.165, 1.54) is 0 Å². The molecule has 0 spiro atoms. The Labute approximate surface area is 224 Å². The van der Waals surface area contributed by atoms with Gasteiger partial charge in [-0.15, -0.1) is 0 Å². The van der Waals surface area contributed by atoms with Gasteiger partial charge in [0, 0.05) is 31.7 Å². The topological polar surface area (TPSA) is 88.5 Å². The van der Waals surface area contributed by atoms with E-state index in [2.05, 4.69) is 4.90 Å². The first-order valence-corrected chi connectivity index (χ1v) is 13.5. The second-order valence-electron chi connectivity index (χ2n) is 9.91. The van der Waals surface area contributed by atoms with E-state index in [4.69, 9.17) is 14.2 Å². The molecule has 8 heteroatoms. The van der Waals surface area contributed by atoms with Crippen molar-refractivity contribution in [2.45, 2.75) is 45.8 Å². The van der Waals surface area contributed by atoms with Gasteiger partial charge in [-0.2, -0.15) is 0 Å². The van der Waals surface area contributed by atoms with Crippen LogP contribution in [0.5, 0.6) is 11.5 Å². The predicted octanol–water partition coefficient (Wildman–Crippen LogP) is 4.41. The first-order chi connectivity index (χ1) is 18.4.